The first-order valence-electron chi connectivity index (χ1n) is 6.43. The van der Waals surface area contributed by atoms with Gasteiger partial charge in [0, 0.05) is 11.0 Å². The second kappa shape index (κ2) is 8.61. The zero-order chi connectivity index (χ0) is 17.5. The number of hydrogen-bond acceptors (Lipinski definition) is 3. The number of hydrogen-bond donors (Lipinski definition) is 3. The second-order valence-electron chi connectivity index (χ2n) is 4.31. The van der Waals surface area contributed by atoms with Gasteiger partial charge in [0.15, 0.2) is 0 Å². The van der Waals surface area contributed by atoms with E-state index in [1.807, 2.05) is 0 Å². The Bertz CT molecular complexity index is 567. The minimum Gasteiger partial charge on any atom is -0.491 e. The molecular formula is C13H14BrF3N2O4. The third-order valence-electron chi connectivity index (χ3n) is 2.52. The maximum absolute atomic E-state index is 12.8. The number of halogens is 4. The number of carbonyl (C=O) groups excluding carboxylic acids is 1. The number of carboxylic acids is 1. The molecule has 0 bridgehead atoms. The molecule has 0 aliphatic rings. The van der Waals surface area contributed by atoms with E-state index < -0.39 is 23.7 Å². The van der Waals surface area contributed by atoms with Crippen LogP contribution in [0.2, 0.25) is 0 Å². The van der Waals surface area contributed by atoms with E-state index in [4.69, 9.17) is 9.84 Å². The van der Waals surface area contributed by atoms with Crippen molar-refractivity contribution in [1.29, 1.82) is 0 Å². The van der Waals surface area contributed by atoms with Crippen molar-refractivity contribution in [1.82, 2.24) is 10.6 Å². The fourth-order valence-electron chi connectivity index (χ4n) is 1.52. The molecule has 128 valence electrons. The molecule has 0 unspecified atom stereocenters. The Morgan fingerprint density at radius 3 is 2.48 bits per heavy atom. The van der Waals surface area contributed by atoms with Crippen LogP contribution >= 0.6 is 15.9 Å². The van der Waals surface area contributed by atoms with E-state index in [9.17, 15) is 22.8 Å². The molecule has 1 aromatic carbocycles. The standard InChI is InChI=1S/C13H14BrF3N2O4/c14-8-1-2-10(9(7-8)13(15,16)17)23-6-5-19-12(22)18-4-3-11(20)21/h1-2,7H,3-6H2,(H,20,21)(H2,18,19,22). The Morgan fingerprint density at radius 1 is 1.22 bits per heavy atom. The third kappa shape index (κ3) is 7.22. The first kappa shape index (κ1) is 19.1. The molecule has 2 amide bonds. The summed E-state index contributed by atoms with van der Waals surface area (Å²) in [7, 11) is 0. The summed E-state index contributed by atoms with van der Waals surface area (Å²) in [6, 6.07) is 2.87. The van der Waals surface area contributed by atoms with Gasteiger partial charge in [0.1, 0.15) is 12.4 Å². The summed E-state index contributed by atoms with van der Waals surface area (Å²) in [5, 5.41) is 13.0. The van der Waals surface area contributed by atoms with Gasteiger partial charge in [0.05, 0.1) is 18.5 Å². The average molecular weight is 399 g/mol. The molecule has 0 radical (unpaired) electrons. The number of carbonyl (C=O) groups is 2. The van der Waals surface area contributed by atoms with Crippen LogP contribution in [0.1, 0.15) is 12.0 Å². The number of urea groups is 1. The topological polar surface area (TPSA) is 87.7 Å². The largest absolute Gasteiger partial charge is 0.491 e. The van der Waals surface area contributed by atoms with Crippen LogP contribution in [0.5, 0.6) is 5.75 Å². The number of rotatable bonds is 7. The molecule has 1 rings (SSSR count). The molecule has 0 atom stereocenters. The lowest BCUT2D eigenvalue weighted by atomic mass is 10.2. The molecule has 0 spiro atoms. The summed E-state index contributed by atoms with van der Waals surface area (Å²) in [5.41, 5.74) is -0.919. The summed E-state index contributed by atoms with van der Waals surface area (Å²) in [6.07, 6.45) is -4.78. The normalized spacial score (nSPS) is 11.0. The van der Waals surface area contributed by atoms with Crippen molar-refractivity contribution in [3.63, 3.8) is 0 Å². The van der Waals surface area contributed by atoms with Gasteiger partial charge in [-0.2, -0.15) is 13.2 Å². The first-order valence-corrected chi connectivity index (χ1v) is 7.22. The number of aliphatic carboxylic acids is 1. The number of carboxylic acid groups (broad SMARTS) is 1. The SMILES string of the molecule is O=C(O)CCNC(=O)NCCOc1ccc(Br)cc1C(F)(F)F. The van der Waals surface area contributed by atoms with Crippen LogP contribution in [0.25, 0.3) is 0 Å². The predicted molar refractivity (Wildman–Crippen MR) is 78.3 cm³/mol. The first-order chi connectivity index (χ1) is 10.7. The fourth-order valence-corrected chi connectivity index (χ4v) is 1.88. The van der Waals surface area contributed by atoms with Crippen molar-refractivity contribution >= 4 is 27.9 Å². The van der Waals surface area contributed by atoms with Gasteiger partial charge in [-0.05, 0) is 18.2 Å². The van der Waals surface area contributed by atoms with Gasteiger partial charge in [-0.1, -0.05) is 15.9 Å². The van der Waals surface area contributed by atoms with E-state index in [2.05, 4.69) is 26.6 Å². The lowest BCUT2D eigenvalue weighted by Gasteiger charge is -2.14. The van der Waals surface area contributed by atoms with Crippen LogP contribution in [0.15, 0.2) is 22.7 Å². The van der Waals surface area contributed by atoms with Crippen molar-refractivity contribution in [2.45, 2.75) is 12.6 Å². The number of benzene rings is 1. The molecule has 0 aromatic heterocycles. The number of ether oxygens (including phenoxy) is 1. The molecule has 23 heavy (non-hydrogen) atoms. The molecule has 0 saturated heterocycles. The quantitative estimate of drug-likeness (QED) is 0.616. The van der Waals surface area contributed by atoms with Gasteiger partial charge in [0.25, 0.3) is 0 Å². The van der Waals surface area contributed by atoms with Gasteiger partial charge in [0.2, 0.25) is 0 Å². The Balaban J connectivity index is 2.42. The summed E-state index contributed by atoms with van der Waals surface area (Å²) in [5.74, 6) is -1.39. The Hall–Kier alpha value is -1.97. The van der Waals surface area contributed by atoms with Gasteiger partial charge >= 0.3 is 18.2 Å². The highest BCUT2D eigenvalue weighted by molar-refractivity contribution is 9.10. The number of amides is 2. The lowest BCUT2D eigenvalue weighted by Crippen LogP contribution is -2.38. The molecule has 10 heteroatoms. The van der Waals surface area contributed by atoms with Gasteiger partial charge in [-0.3, -0.25) is 4.79 Å². The van der Waals surface area contributed by atoms with Crippen molar-refractivity contribution in [3.8, 4) is 5.75 Å². The highest BCUT2D eigenvalue weighted by atomic mass is 79.9. The molecule has 1 aromatic rings. The van der Waals surface area contributed by atoms with E-state index >= 15 is 0 Å². The average Bonchev–Trinajstić information content (AvgIpc) is 2.43. The van der Waals surface area contributed by atoms with Crippen LogP contribution in [-0.2, 0) is 11.0 Å². The highest BCUT2D eigenvalue weighted by Crippen LogP contribution is 2.37. The Kier molecular flexibility index (Phi) is 7.14. The van der Waals surface area contributed by atoms with E-state index in [0.717, 1.165) is 6.07 Å². The zero-order valence-corrected chi connectivity index (χ0v) is 13.3. The second-order valence-corrected chi connectivity index (χ2v) is 5.23. The Labute approximate surface area is 138 Å². The molecule has 0 fully saturated rings. The highest BCUT2D eigenvalue weighted by Gasteiger charge is 2.34. The van der Waals surface area contributed by atoms with Crippen LogP contribution in [0.4, 0.5) is 18.0 Å². The van der Waals surface area contributed by atoms with E-state index in [1.54, 1.807) is 0 Å². The van der Waals surface area contributed by atoms with E-state index in [1.165, 1.54) is 12.1 Å². The maximum atomic E-state index is 12.8. The van der Waals surface area contributed by atoms with Crippen LogP contribution in [0, 0.1) is 0 Å². The van der Waals surface area contributed by atoms with Gasteiger partial charge in [-0.15, -0.1) is 0 Å². The molecule has 3 N–H and O–H groups in total. The number of nitrogens with one attached hydrogen (secondary N) is 2. The van der Waals surface area contributed by atoms with E-state index in [-0.39, 0.29) is 36.3 Å². The lowest BCUT2D eigenvalue weighted by molar-refractivity contribution is -0.139. The predicted octanol–water partition coefficient (Wildman–Crippen LogP) is 2.62. The monoisotopic (exact) mass is 398 g/mol. The fraction of sp³-hybridized carbons (Fsp3) is 0.385. The van der Waals surface area contributed by atoms with Crippen LogP contribution in [0.3, 0.4) is 0 Å². The van der Waals surface area contributed by atoms with Crippen molar-refractivity contribution < 1.29 is 32.6 Å². The maximum Gasteiger partial charge on any atom is 0.420 e. The van der Waals surface area contributed by atoms with Gasteiger partial charge in [-0.25, -0.2) is 4.79 Å². The summed E-state index contributed by atoms with van der Waals surface area (Å²) in [6.45, 7) is -0.254. The molecule has 0 aliphatic heterocycles. The van der Waals surface area contributed by atoms with Crippen LogP contribution in [-0.4, -0.2) is 36.8 Å². The number of alkyl halides is 3. The van der Waals surface area contributed by atoms with Crippen molar-refractivity contribution in [3.05, 3.63) is 28.2 Å². The van der Waals surface area contributed by atoms with Crippen LogP contribution < -0.4 is 15.4 Å². The molecule has 6 nitrogen and oxygen atoms in total. The van der Waals surface area contributed by atoms with E-state index in [0.29, 0.717) is 0 Å². The Morgan fingerprint density at radius 2 is 1.87 bits per heavy atom. The van der Waals surface area contributed by atoms with Crippen molar-refractivity contribution in [2.75, 3.05) is 19.7 Å². The zero-order valence-electron chi connectivity index (χ0n) is 11.7. The van der Waals surface area contributed by atoms with Crippen molar-refractivity contribution in [2.24, 2.45) is 0 Å². The van der Waals surface area contributed by atoms with Gasteiger partial charge < -0.3 is 20.5 Å². The summed E-state index contributed by atoms with van der Waals surface area (Å²) in [4.78, 5) is 21.5. The molecule has 0 aliphatic carbocycles. The minimum absolute atomic E-state index is 0.0355. The third-order valence-corrected chi connectivity index (χ3v) is 3.01. The minimum atomic E-state index is -4.55. The molecule has 0 heterocycles. The molecule has 0 saturated carbocycles. The summed E-state index contributed by atoms with van der Waals surface area (Å²) >= 11 is 2.96. The summed E-state index contributed by atoms with van der Waals surface area (Å²) < 4.78 is 43.8. The smallest absolute Gasteiger partial charge is 0.420 e. The molecular weight excluding hydrogens is 385 g/mol.